The first kappa shape index (κ1) is 7.72. The van der Waals surface area contributed by atoms with Crippen LogP contribution >= 0.6 is 0 Å². The highest BCUT2D eigenvalue weighted by Gasteiger charge is 1.97. The molecule has 11 heavy (non-hydrogen) atoms. The Morgan fingerprint density at radius 2 is 2.36 bits per heavy atom. The standard InChI is InChI=1S/C8H9NO2/c1-6(10)4-7-2-3-8(11)5-9-7/h2-3,5,11H,4H2,1H3. The Hall–Kier alpha value is -1.38. The second kappa shape index (κ2) is 3.14. The zero-order valence-corrected chi connectivity index (χ0v) is 6.24. The molecule has 0 atom stereocenters. The van der Waals surface area contributed by atoms with Gasteiger partial charge < -0.3 is 5.11 Å². The van der Waals surface area contributed by atoms with Crippen LogP contribution in [0.5, 0.6) is 5.75 Å². The summed E-state index contributed by atoms with van der Waals surface area (Å²) in [7, 11) is 0. The van der Waals surface area contributed by atoms with Gasteiger partial charge in [-0.05, 0) is 19.1 Å². The third-order valence-electron chi connectivity index (χ3n) is 1.24. The van der Waals surface area contributed by atoms with E-state index in [2.05, 4.69) is 4.98 Å². The molecule has 0 aromatic carbocycles. The van der Waals surface area contributed by atoms with Crippen LogP contribution in [0.3, 0.4) is 0 Å². The number of aromatic hydroxyl groups is 1. The van der Waals surface area contributed by atoms with Crippen molar-refractivity contribution in [1.29, 1.82) is 0 Å². The molecule has 1 aromatic heterocycles. The van der Waals surface area contributed by atoms with E-state index in [0.29, 0.717) is 12.1 Å². The number of nitrogens with zero attached hydrogens (tertiary/aromatic N) is 1. The van der Waals surface area contributed by atoms with E-state index in [1.807, 2.05) is 0 Å². The van der Waals surface area contributed by atoms with Gasteiger partial charge in [-0.15, -0.1) is 0 Å². The molecular formula is C8H9NO2. The molecule has 0 fully saturated rings. The molecule has 0 aliphatic rings. The predicted molar refractivity (Wildman–Crippen MR) is 40.3 cm³/mol. The van der Waals surface area contributed by atoms with Crippen LogP contribution < -0.4 is 0 Å². The number of rotatable bonds is 2. The first-order chi connectivity index (χ1) is 5.18. The fourth-order valence-corrected chi connectivity index (χ4v) is 0.776. The summed E-state index contributed by atoms with van der Waals surface area (Å²) in [6.07, 6.45) is 1.67. The number of ketones is 1. The molecule has 1 heterocycles. The summed E-state index contributed by atoms with van der Waals surface area (Å²) >= 11 is 0. The number of Topliss-reactive ketones (excluding diaryl/α,β-unsaturated/α-hetero) is 1. The maximum atomic E-state index is 10.6. The van der Waals surface area contributed by atoms with E-state index in [0.717, 1.165) is 0 Å². The summed E-state index contributed by atoms with van der Waals surface area (Å²) in [5.74, 6) is 0.195. The highest BCUT2D eigenvalue weighted by atomic mass is 16.3. The van der Waals surface area contributed by atoms with Crippen molar-refractivity contribution in [2.24, 2.45) is 0 Å². The van der Waals surface area contributed by atoms with E-state index in [-0.39, 0.29) is 11.5 Å². The van der Waals surface area contributed by atoms with E-state index in [1.165, 1.54) is 19.2 Å². The number of aromatic nitrogens is 1. The minimum absolute atomic E-state index is 0.0724. The van der Waals surface area contributed by atoms with E-state index in [1.54, 1.807) is 6.07 Å². The van der Waals surface area contributed by atoms with Crippen LogP contribution in [-0.4, -0.2) is 15.9 Å². The highest BCUT2D eigenvalue weighted by Crippen LogP contribution is 2.06. The van der Waals surface area contributed by atoms with Gasteiger partial charge in [0.15, 0.2) is 0 Å². The van der Waals surface area contributed by atoms with Gasteiger partial charge in [0.25, 0.3) is 0 Å². The Balaban J connectivity index is 2.74. The Morgan fingerprint density at radius 3 is 2.82 bits per heavy atom. The topological polar surface area (TPSA) is 50.2 Å². The molecule has 0 aliphatic carbocycles. The monoisotopic (exact) mass is 151 g/mol. The Kier molecular flexibility index (Phi) is 2.21. The molecule has 0 bridgehead atoms. The van der Waals surface area contributed by atoms with Gasteiger partial charge in [-0.25, -0.2) is 0 Å². The van der Waals surface area contributed by atoms with Gasteiger partial charge in [0.05, 0.1) is 6.20 Å². The summed E-state index contributed by atoms with van der Waals surface area (Å²) in [4.78, 5) is 14.4. The van der Waals surface area contributed by atoms with E-state index < -0.39 is 0 Å². The fraction of sp³-hybridized carbons (Fsp3) is 0.250. The first-order valence-electron chi connectivity index (χ1n) is 3.32. The van der Waals surface area contributed by atoms with Gasteiger partial charge in [-0.3, -0.25) is 9.78 Å². The van der Waals surface area contributed by atoms with Gasteiger partial charge in [0.2, 0.25) is 0 Å². The summed E-state index contributed by atoms with van der Waals surface area (Å²) in [5.41, 5.74) is 0.690. The number of carbonyl (C=O) groups excluding carboxylic acids is 1. The van der Waals surface area contributed by atoms with Crippen LogP contribution in [0.1, 0.15) is 12.6 Å². The number of pyridine rings is 1. The van der Waals surface area contributed by atoms with E-state index in [4.69, 9.17) is 5.11 Å². The molecule has 3 nitrogen and oxygen atoms in total. The number of carbonyl (C=O) groups is 1. The van der Waals surface area contributed by atoms with Crippen molar-refractivity contribution in [1.82, 2.24) is 4.98 Å². The van der Waals surface area contributed by atoms with Crippen LogP contribution in [-0.2, 0) is 11.2 Å². The van der Waals surface area contributed by atoms with Crippen molar-refractivity contribution < 1.29 is 9.90 Å². The van der Waals surface area contributed by atoms with Gasteiger partial charge in [-0.2, -0.15) is 0 Å². The molecule has 0 unspecified atom stereocenters. The zero-order chi connectivity index (χ0) is 8.27. The Morgan fingerprint density at radius 1 is 1.64 bits per heavy atom. The number of hydrogen-bond donors (Lipinski definition) is 1. The van der Waals surface area contributed by atoms with Crippen molar-refractivity contribution in [3.63, 3.8) is 0 Å². The average molecular weight is 151 g/mol. The summed E-state index contributed by atoms with van der Waals surface area (Å²) < 4.78 is 0. The van der Waals surface area contributed by atoms with E-state index in [9.17, 15) is 4.79 Å². The molecule has 0 spiro atoms. The second-order valence-corrected chi connectivity index (χ2v) is 2.39. The molecule has 0 radical (unpaired) electrons. The molecule has 0 aliphatic heterocycles. The molecule has 0 saturated carbocycles. The second-order valence-electron chi connectivity index (χ2n) is 2.39. The maximum Gasteiger partial charge on any atom is 0.135 e. The van der Waals surface area contributed by atoms with Crippen molar-refractivity contribution in [2.45, 2.75) is 13.3 Å². The van der Waals surface area contributed by atoms with Gasteiger partial charge >= 0.3 is 0 Å². The van der Waals surface area contributed by atoms with Crippen molar-refractivity contribution in [3.05, 3.63) is 24.0 Å². The highest BCUT2D eigenvalue weighted by molar-refractivity contribution is 5.77. The first-order valence-corrected chi connectivity index (χ1v) is 3.32. The zero-order valence-electron chi connectivity index (χ0n) is 6.24. The lowest BCUT2D eigenvalue weighted by molar-refractivity contribution is -0.116. The van der Waals surface area contributed by atoms with Crippen molar-refractivity contribution >= 4 is 5.78 Å². The Labute approximate surface area is 64.7 Å². The fourth-order valence-electron chi connectivity index (χ4n) is 0.776. The van der Waals surface area contributed by atoms with Crippen LogP contribution in [0.15, 0.2) is 18.3 Å². The van der Waals surface area contributed by atoms with E-state index >= 15 is 0 Å². The molecule has 58 valence electrons. The molecular weight excluding hydrogens is 142 g/mol. The number of hydrogen-bond acceptors (Lipinski definition) is 3. The minimum Gasteiger partial charge on any atom is -0.506 e. The van der Waals surface area contributed by atoms with Gasteiger partial charge in [-0.1, -0.05) is 0 Å². The van der Waals surface area contributed by atoms with Crippen molar-refractivity contribution in [3.8, 4) is 5.75 Å². The van der Waals surface area contributed by atoms with Gasteiger partial charge in [0, 0.05) is 12.1 Å². The molecule has 1 aromatic rings. The lowest BCUT2D eigenvalue weighted by Crippen LogP contribution is -1.97. The Bertz CT molecular complexity index is 253. The molecule has 1 N–H and O–H groups in total. The summed E-state index contributed by atoms with van der Waals surface area (Å²) in [5, 5.41) is 8.84. The molecule has 1 rings (SSSR count). The largest absolute Gasteiger partial charge is 0.506 e. The van der Waals surface area contributed by atoms with Crippen LogP contribution in [0.2, 0.25) is 0 Å². The van der Waals surface area contributed by atoms with Crippen LogP contribution in [0.4, 0.5) is 0 Å². The maximum absolute atomic E-state index is 10.6. The lowest BCUT2D eigenvalue weighted by atomic mass is 10.2. The normalized spacial score (nSPS) is 9.55. The molecule has 0 amide bonds. The molecule has 0 saturated heterocycles. The minimum atomic E-state index is 0.0724. The SMILES string of the molecule is CC(=O)Cc1ccc(O)cn1. The van der Waals surface area contributed by atoms with Gasteiger partial charge in [0.1, 0.15) is 11.5 Å². The molecule has 3 heteroatoms. The van der Waals surface area contributed by atoms with Crippen molar-refractivity contribution in [2.75, 3.05) is 0 Å². The van der Waals surface area contributed by atoms with Crippen LogP contribution in [0.25, 0.3) is 0 Å². The third kappa shape index (κ3) is 2.37. The lowest BCUT2D eigenvalue weighted by Gasteiger charge is -1.95. The van der Waals surface area contributed by atoms with Crippen LogP contribution in [0, 0.1) is 0 Å². The third-order valence-corrected chi connectivity index (χ3v) is 1.24. The average Bonchev–Trinajstić information content (AvgIpc) is 1.93. The quantitative estimate of drug-likeness (QED) is 0.683. The summed E-state index contributed by atoms with van der Waals surface area (Å²) in [6.45, 7) is 1.51. The smallest absolute Gasteiger partial charge is 0.135 e. The summed E-state index contributed by atoms with van der Waals surface area (Å²) in [6, 6.07) is 3.15. The predicted octanol–water partition coefficient (Wildman–Crippen LogP) is 0.919.